The van der Waals surface area contributed by atoms with Crippen LogP contribution in [-0.2, 0) is 28.6 Å². The summed E-state index contributed by atoms with van der Waals surface area (Å²) in [6, 6.07) is 0. The van der Waals surface area contributed by atoms with Gasteiger partial charge < -0.3 is 14.2 Å². The number of carbonyl (C=O) groups is 3. The van der Waals surface area contributed by atoms with E-state index in [1.165, 1.54) is 38.5 Å². The highest BCUT2D eigenvalue weighted by Crippen LogP contribution is 2.61. The summed E-state index contributed by atoms with van der Waals surface area (Å²) in [7, 11) is 0. The summed E-state index contributed by atoms with van der Waals surface area (Å²) < 4.78 is 44.4. The molecule has 0 aromatic heterocycles. The molecule has 8 saturated carbocycles. The highest BCUT2D eigenvalue weighted by Gasteiger charge is 2.56. The van der Waals surface area contributed by atoms with Crippen molar-refractivity contribution < 1.29 is 37.4 Å². The van der Waals surface area contributed by atoms with Gasteiger partial charge in [-0.05, 0) is 153 Å². The molecule has 8 fully saturated rings. The van der Waals surface area contributed by atoms with Crippen LogP contribution in [0.1, 0.15) is 168 Å². The summed E-state index contributed by atoms with van der Waals surface area (Å²) in [5.74, 6) is 0.135. The number of esters is 3. The zero-order valence-corrected chi connectivity index (χ0v) is 28.7. The van der Waals surface area contributed by atoms with Gasteiger partial charge in [0.25, 0.3) is 5.92 Å². The Morgan fingerprint density at radius 2 is 0.980 bits per heavy atom. The zero-order chi connectivity index (χ0) is 32.8. The molecule has 0 amide bonds. The van der Waals surface area contributed by atoms with Crippen molar-refractivity contribution in [3.63, 3.8) is 0 Å². The standard InChI is InChI=1S/C21H32F2O4.C16H26O2.4CH4/c1-4-19(2,3)17(24)26-6-5-21(22,23)13-27-18(25)20-10-14-7-15(11-20)9-16(8-14)12-20;1-4-15(2,3)14(17)18-16-8-11-5-12(9-16)7-13(6-11)10-16;;;;/h14-16H,4-13H2,1-3H3;11-13H,4-10H2,1-3H3;4*1H4. The first-order valence-corrected chi connectivity index (χ1v) is 17.9. The summed E-state index contributed by atoms with van der Waals surface area (Å²) in [4.78, 5) is 36.9. The largest absolute Gasteiger partial charge is 0.465 e. The number of hydrogen-bond acceptors (Lipinski definition) is 6. The molecule has 0 aromatic rings. The number of carbonyl (C=O) groups excluding carboxylic acids is 3. The molecule has 0 N–H and O–H groups in total. The first kappa shape index (κ1) is 45.3. The van der Waals surface area contributed by atoms with Crippen LogP contribution in [0.3, 0.4) is 0 Å². The Labute approximate surface area is 298 Å². The Hall–Kier alpha value is -1.73. The highest BCUT2D eigenvalue weighted by molar-refractivity contribution is 5.78. The lowest BCUT2D eigenvalue weighted by atomic mass is 9.49. The van der Waals surface area contributed by atoms with Crippen molar-refractivity contribution in [2.24, 2.45) is 51.8 Å². The predicted octanol–water partition coefficient (Wildman–Crippen LogP) is 11.2. The Morgan fingerprint density at radius 1 is 0.612 bits per heavy atom. The van der Waals surface area contributed by atoms with Crippen LogP contribution in [0.2, 0.25) is 0 Å². The minimum Gasteiger partial charge on any atom is -0.465 e. The van der Waals surface area contributed by atoms with E-state index < -0.39 is 41.7 Å². The number of halogens is 2. The second-order valence-corrected chi connectivity index (χ2v) is 17.5. The fraction of sp³-hybridized carbons (Fsp3) is 0.927. The molecule has 8 aliphatic rings. The molecule has 0 radical (unpaired) electrons. The van der Waals surface area contributed by atoms with Crippen LogP contribution in [0.5, 0.6) is 0 Å². The predicted molar refractivity (Wildman–Crippen MR) is 194 cm³/mol. The van der Waals surface area contributed by atoms with Gasteiger partial charge in [0.2, 0.25) is 0 Å². The van der Waals surface area contributed by atoms with Gasteiger partial charge in [0.05, 0.1) is 22.9 Å². The Balaban J connectivity index is 0.000000481. The summed E-state index contributed by atoms with van der Waals surface area (Å²) in [5.41, 5.74) is -1.59. The first-order valence-electron chi connectivity index (χ1n) is 17.9. The molecule has 288 valence electrons. The second-order valence-electron chi connectivity index (χ2n) is 17.5. The minimum absolute atomic E-state index is 0. The third-order valence-corrected chi connectivity index (χ3v) is 12.8. The number of hydrogen-bond donors (Lipinski definition) is 0. The third-order valence-electron chi connectivity index (χ3n) is 12.8. The summed E-state index contributed by atoms with van der Waals surface area (Å²) in [6.07, 6.45) is 14.4. The molecule has 6 nitrogen and oxygen atoms in total. The van der Waals surface area contributed by atoms with E-state index in [9.17, 15) is 23.2 Å². The maximum Gasteiger partial charge on any atom is 0.312 e. The van der Waals surface area contributed by atoms with Crippen LogP contribution < -0.4 is 0 Å². The SMILES string of the molecule is C.C.C.C.CCC(C)(C)C(=O)OC12CC3CC(CC(C3)C1)C2.CCC(C)(C)C(=O)OCCC(F)(F)COC(=O)C12CC3CC(CC(C3)C1)C2. The molecule has 0 heterocycles. The van der Waals surface area contributed by atoms with Crippen molar-refractivity contribution >= 4 is 17.9 Å². The normalized spacial score (nSPS) is 33.3. The fourth-order valence-electron chi connectivity index (χ4n) is 10.0. The third kappa shape index (κ3) is 10.2. The topological polar surface area (TPSA) is 78.9 Å². The van der Waals surface area contributed by atoms with Crippen LogP contribution in [0.4, 0.5) is 8.78 Å². The summed E-state index contributed by atoms with van der Waals surface area (Å²) >= 11 is 0. The summed E-state index contributed by atoms with van der Waals surface area (Å²) in [5, 5.41) is 0. The van der Waals surface area contributed by atoms with Gasteiger partial charge in [-0.3, -0.25) is 14.4 Å². The maximum atomic E-state index is 14.1. The van der Waals surface area contributed by atoms with Gasteiger partial charge in [0.15, 0.2) is 6.61 Å². The second kappa shape index (κ2) is 16.7. The zero-order valence-electron chi connectivity index (χ0n) is 28.7. The van der Waals surface area contributed by atoms with E-state index in [0.29, 0.717) is 24.2 Å². The Kier molecular flexibility index (Phi) is 15.5. The van der Waals surface area contributed by atoms with Crippen molar-refractivity contribution in [2.75, 3.05) is 13.2 Å². The molecule has 8 aliphatic carbocycles. The average molecular weight is 701 g/mol. The molecule has 0 aromatic carbocycles. The van der Waals surface area contributed by atoms with Gasteiger partial charge in [-0.15, -0.1) is 0 Å². The minimum atomic E-state index is -3.19. The molecule has 0 atom stereocenters. The van der Waals surface area contributed by atoms with Crippen LogP contribution in [-0.4, -0.2) is 42.6 Å². The van der Waals surface area contributed by atoms with Gasteiger partial charge in [0, 0.05) is 6.42 Å². The average Bonchev–Trinajstić information content (AvgIpc) is 2.94. The van der Waals surface area contributed by atoms with Crippen LogP contribution in [0, 0.1) is 51.8 Å². The van der Waals surface area contributed by atoms with Gasteiger partial charge in [-0.2, -0.15) is 0 Å². The van der Waals surface area contributed by atoms with Crippen molar-refractivity contribution in [2.45, 2.75) is 179 Å². The molecule has 0 saturated heterocycles. The van der Waals surface area contributed by atoms with Gasteiger partial charge in [-0.1, -0.05) is 43.6 Å². The molecular weight excluding hydrogens is 626 g/mol. The van der Waals surface area contributed by atoms with E-state index in [1.54, 1.807) is 13.8 Å². The number of alkyl halides is 2. The lowest BCUT2D eigenvalue weighted by Crippen LogP contribution is -2.53. The first-order chi connectivity index (χ1) is 21.0. The van der Waals surface area contributed by atoms with Crippen LogP contribution in [0.15, 0.2) is 0 Å². The van der Waals surface area contributed by atoms with E-state index in [2.05, 4.69) is 6.92 Å². The van der Waals surface area contributed by atoms with E-state index in [-0.39, 0.29) is 53.3 Å². The quantitative estimate of drug-likeness (QED) is 0.158. The molecule has 8 rings (SSSR count). The fourth-order valence-corrected chi connectivity index (χ4v) is 10.0. The maximum absolute atomic E-state index is 14.1. The van der Waals surface area contributed by atoms with Gasteiger partial charge >= 0.3 is 17.9 Å². The molecule has 8 bridgehead atoms. The van der Waals surface area contributed by atoms with Crippen molar-refractivity contribution in [3.05, 3.63) is 0 Å². The molecule has 0 spiro atoms. The van der Waals surface area contributed by atoms with Gasteiger partial charge in [-0.25, -0.2) is 8.78 Å². The number of ether oxygens (including phenoxy) is 3. The summed E-state index contributed by atoms with van der Waals surface area (Å²) in [6.45, 7) is 10.1. The smallest absolute Gasteiger partial charge is 0.312 e. The van der Waals surface area contributed by atoms with E-state index in [4.69, 9.17) is 14.2 Å². The Bertz CT molecular complexity index is 1040. The lowest BCUT2D eigenvalue weighted by molar-refractivity contribution is -0.196. The molecule has 8 heteroatoms. The molecule has 0 unspecified atom stereocenters. The van der Waals surface area contributed by atoms with Crippen molar-refractivity contribution in [3.8, 4) is 0 Å². The van der Waals surface area contributed by atoms with Crippen LogP contribution >= 0.6 is 0 Å². The molecule has 49 heavy (non-hydrogen) atoms. The van der Waals surface area contributed by atoms with Crippen molar-refractivity contribution in [1.29, 1.82) is 0 Å². The lowest BCUT2D eigenvalue weighted by Gasteiger charge is -2.56. The highest BCUT2D eigenvalue weighted by atomic mass is 19.3. The van der Waals surface area contributed by atoms with E-state index in [1.807, 2.05) is 20.8 Å². The molecular formula is C41H74F2O6. The van der Waals surface area contributed by atoms with E-state index in [0.717, 1.165) is 62.7 Å². The number of rotatable bonds is 11. The van der Waals surface area contributed by atoms with E-state index >= 15 is 0 Å². The van der Waals surface area contributed by atoms with Crippen molar-refractivity contribution in [1.82, 2.24) is 0 Å². The molecule has 0 aliphatic heterocycles. The monoisotopic (exact) mass is 701 g/mol. The van der Waals surface area contributed by atoms with Crippen LogP contribution in [0.25, 0.3) is 0 Å². The van der Waals surface area contributed by atoms with Gasteiger partial charge in [0.1, 0.15) is 5.60 Å². The Morgan fingerprint density at radius 3 is 1.37 bits per heavy atom.